The first-order valence-corrected chi connectivity index (χ1v) is 20.1. The Labute approximate surface area is 321 Å². The highest BCUT2D eigenvalue weighted by molar-refractivity contribution is 5.73. The lowest BCUT2D eigenvalue weighted by Gasteiger charge is -2.56. The van der Waals surface area contributed by atoms with Crippen LogP contribution in [0.3, 0.4) is 0 Å². The highest BCUT2D eigenvalue weighted by atomic mass is 16.7. The second-order valence-electron chi connectivity index (χ2n) is 18.9. The van der Waals surface area contributed by atoms with Gasteiger partial charge in [0.15, 0.2) is 6.29 Å². The molecular weight excluding hydrogens is 698 g/mol. The van der Waals surface area contributed by atoms with E-state index in [0.29, 0.717) is 25.7 Å². The number of aliphatic hydroxyl groups excluding tert-OH is 5. The maximum Gasteiger partial charge on any atom is 0.303 e. The van der Waals surface area contributed by atoms with Crippen LogP contribution in [0.15, 0.2) is 11.1 Å². The van der Waals surface area contributed by atoms with Crippen LogP contribution in [-0.4, -0.2) is 123 Å². The number of rotatable bonds is 11. The number of amides is 1. The highest BCUT2D eigenvalue weighted by Gasteiger charge is 2.61. The minimum absolute atomic E-state index is 0.0316. The summed E-state index contributed by atoms with van der Waals surface area (Å²) in [5, 5.41) is 56.8. The number of methoxy groups -OCH3 is 1. The van der Waals surface area contributed by atoms with Crippen LogP contribution in [0.25, 0.3) is 0 Å². The summed E-state index contributed by atoms with van der Waals surface area (Å²) in [7, 11) is 1.61. The summed E-state index contributed by atoms with van der Waals surface area (Å²) in [5.41, 5.74) is 0.240. The second-order valence-corrected chi connectivity index (χ2v) is 18.9. The zero-order valence-corrected chi connectivity index (χ0v) is 34.2. The third-order valence-electron chi connectivity index (χ3n) is 14.4. The van der Waals surface area contributed by atoms with Gasteiger partial charge in [-0.2, -0.15) is 0 Å². The van der Waals surface area contributed by atoms with Crippen LogP contribution in [0, 0.1) is 22.2 Å². The van der Waals surface area contributed by atoms with Crippen molar-refractivity contribution in [3.63, 3.8) is 0 Å². The predicted molar refractivity (Wildman–Crippen MR) is 199 cm³/mol. The van der Waals surface area contributed by atoms with E-state index in [1.807, 2.05) is 27.7 Å². The molecular formula is C41H69NO12. The van der Waals surface area contributed by atoms with Crippen LogP contribution >= 0.6 is 0 Å². The van der Waals surface area contributed by atoms with E-state index in [1.54, 1.807) is 7.11 Å². The molecule has 13 nitrogen and oxygen atoms in total. The van der Waals surface area contributed by atoms with Crippen LogP contribution in [-0.2, 0) is 33.3 Å². The zero-order chi connectivity index (χ0) is 40.2. The fraction of sp³-hybridized carbons (Fsp3) is 0.902. The van der Waals surface area contributed by atoms with E-state index in [4.69, 9.17) is 23.7 Å². The molecule has 0 aromatic rings. The molecule has 2 aliphatic heterocycles. The number of fused-ring (bicyclic) bond motifs is 2. The molecule has 310 valence electrons. The van der Waals surface area contributed by atoms with Gasteiger partial charge in [0.1, 0.15) is 30.5 Å². The number of carbonyl (C=O) groups is 2. The number of hydrogen-bond donors (Lipinski definition) is 6. The van der Waals surface area contributed by atoms with Gasteiger partial charge in [-0.15, -0.1) is 0 Å². The molecule has 6 N–H and O–H groups in total. The van der Waals surface area contributed by atoms with Gasteiger partial charge in [0.25, 0.3) is 0 Å². The molecule has 5 rings (SSSR count). The molecule has 0 aromatic carbocycles. The minimum atomic E-state index is -1.40. The van der Waals surface area contributed by atoms with Crippen molar-refractivity contribution in [2.45, 2.75) is 199 Å². The third-order valence-corrected chi connectivity index (χ3v) is 14.4. The molecule has 13 heteroatoms. The van der Waals surface area contributed by atoms with E-state index >= 15 is 0 Å². The van der Waals surface area contributed by atoms with Gasteiger partial charge in [0, 0.05) is 21.0 Å². The van der Waals surface area contributed by atoms with Crippen molar-refractivity contribution in [2.24, 2.45) is 22.2 Å². The smallest absolute Gasteiger partial charge is 0.303 e. The van der Waals surface area contributed by atoms with Crippen molar-refractivity contribution in [2.75, 3.05) is 13.7 Å². The number of carbonyl (C=O) groups excluding carboxylic acids is 2. The Balaban J connectivity index is 1.31. The molecule has 0 aromatic heterocycles. The molecule has 5 aliphatic rings. The van der Waals surface area contributed by atoms with Crippen molar-refractivity contribution in [1.82, 2.24) is 5.32 Å². The maximum atomic E-state index is 12.0. The molecule has 14 atom stereocenters. The van der Waals surface area contributed by atoms with Gasteiger partial charge in [-0.3, -0.25) is 9.59 Å². The summed E-state index contributed by atoms with van der Waals surface area (Å²) >= 11 is 0. The number of aliphatic hydroxyl groups is 5. The lowest BCUT2D eigenvalue weighted by molar-refractivity contribution is -0.316. The van der Waals surface area contributed by atoms with Gasteiger partial charge >= 0.3 is 5.97 Å². The minimum Gasteiger partial charge on any atom is -0.460 e. The molecule has 14 unspecified atom stereocenters. The topological polar surface area (TPSA) is 193 Å². The van der Waals surface area contributed by atoms with Gasteiger partial charge in [-0.25, -0.2) is 0 Å². The summed E-state index contributed by atoms with van der Waals surface area (Å²) in [6.07, 6.45) is -0.0321. The molecule has 0 radical (unpaired) electrons. The highest BCUT2D eigenvalue weighted by Crippen LogP contribution is 2.65. The van der Waals surface area contributed by atoms with Crippen molar-refractivity contribution in [1.29, 1.82) is 0 Å². The van der Waals surface area contributed by atoms with Crippen LogP contribution in [0.2, 0.25) is 0 Å². The molecule has 3 aliphatic carbocycles. The van der Waals surface area contributed by atoms with Crippen molar-refractivity contribution in [3.05, 3.63) is 11.1 Å². The zero-order valence-electron chi connectivity index (χ0n) is 34.2. The standard InChI is InChI=1S/C41H69NO12/c1-22(44)42-32-34(48)33(47)27(21-43)52-36(32)54-38(5,6)30-15-17-39(7)19-24(11-14-31(39)53-30)25-12-13-28-40(8,35(49)26(46)20-41(25,28)9)18-16-29(51-23(2)45)37(3,4)50-10/h26-36,43,46-49H,11-21H2,1-10H3,(H,42,44). The van der Waals surface area contributed by atoms with E-state index in [-0.39, 0.29) is 34.9 Å². The van der Waals surface area contributed by atoms with Gasteiger partial charge in [-0.05, 0) is 114 Å². The quantitative estimate of drug-likeness (QED) is 0.133. The normalized spacial score (nSPS) is 43.5. The molecule has 0 bridgehead atoms. The largest absolute Gasteiger partial charge is 0.460 e. The van der Waals surface area contributed by atoms with Crippen molar-refractivity contribution in [3.8, 4) is 0 Å². The van der Waals surface area contributed by atoms with Crippen LogP contribution in [0.5, 0.6) is 0 Å². The molecule has 1 amide bonds. The lowest BCUT2D eigenvalue weighted by atomic mass is 9.52. The average molecular weight is 768 g/mol. The van der Waals surface area contributed by atoms with Crippen LogP contribution in [0.1, 0.15) is 127 Å². The van der Waals surface area contributed by atoms with Crippen molar-refractivity contribution >= 4 is 11.9 Å². The van der Waals surface area contributed by atoms with Gasteiger partial charge in [0.2, 0.25) is 5.91 Å². The van der Waals surface area contributed by atoms with E-state index in [0.717, 1.165) is 38.5 Å². The number of allylic oxidation sites excluding steroid dienone is 2. The second kappa shape index (κ2) is 15.9. The monoisotopic (exact) mass is 767 g/mol. The molecule has 3 saturated carbocycles. The number of esters is 1. The van der Waals surface area contributed by atoms with Crippen LogP contribution in [0.4, 0.5) is 0 Å². The number of nitrogens with one attached hydrogen (secondary N) is 1. The molecule has 0 spiro atoms. The summed E-state index contributed by atoms with van der Waals surface area (Å²) in [4.78, 5) is 24.0. The van der Waals surface area contributed by atoms with Crippen molar-refractivity contribution < 1.29 is 58.8 Å². The Bertz CT molecular complexity index is 1400. The Morgan fingerprint density at radius 2 is 1.67 bits per heavy atom. The SMILES string of the molecule is COC(C)(C)C(CCC1(C)C(O)C(O)CC2(C)C(=C3CCC4OC(C(C)(C)OC5OC(CO)C(O)C(O)C5NC(C)=O)CCC4(C)C3)CCC21)OC(C)=O. The maximum absolute atomic E-state index is 12.0. The molecule has 54 heavy (non-hydrogen) atoms. The molecule has 2 saturated heterocycles. The Morgan fingerprint density at radius 3 is 2.28 bits per heavy atom. The first-order valence-electron chi connectivity index (χ1n) is 20.1. The predicted octanol–water partition coefficient (Wildman–Crippen LogP) is 3.44. The van der Waals surface area contributed by atoms with E-state index in [1.165, 1.54) is 25.0 Å². The van der Waals surface area contributed by atoms with Gasteiger partial charge in [-0.1, -0.05) is 31.9 Å². The number of hydrogen-bond acceptors (Lipinski definition) is 12. The summed E-state index contributed by atoms with van der Waals surface area (Å²) in [6.45, 7) is 16.5. The molecule has 2 heterocycles. The fourth-order valence-corrected chi connectivity index (χ4v) is 11.1. The summed E-state index contributed by atoms with van der Waals surface area (Å²) in [6, 6.07) is -1.04. The van der Waals surface area contributed by atoms with Crippen LogP contribution < -0.4 is 5.32 Å². The first-order chi connectivity index (χ1) is 25.0. The van der Waals surface area contributed by atoms with E-state index < -0.39 is 78.1 Å². The Morgan fingerprint density at radius 1 is 0.981 bits per heavy atom. The summed E-state index contributed by atoms with van der Waals surface area (Å²) < 4.78 is 30.7. The van der Waals surface area contributed by atoms with E-state index in [2.05, 4.69) is 26.1 Å². The first kappa shape index (κ1) is 43.4. The van der Waals surface area contributed by atoms with Gasteiger partial charge < -0.3 is 54.5 Å². The van der Waals surface area contributed by atoms with Gasteiger partial charge in [0.05, 0.1) is 42.2 Å². The number of ether oxygens (including phenoxy) is 5. The third kappa shape index (κ3) is 8.18. The Hall–Kier alpha value is -1.68. The summed E-state index contributed by atoms with van der Waals surface area (Å²) in [5.74, 6) is -0.648. The lowest BCUT2D eigenvalue weighted by Crippen LogP contribution is -2.66. The Kier molecular flexibility index (Phi) is 12.8. The van der Waals surface area contributed by atoms with E-state index in [9.17, 15) is 35.1 Å². The molecule has 5 fully saturated rings. The average Bonchev–Trinajstić information content (AvgIpc) is 3.44. The fourth-order valence-electron chi connectivity index (χ4n) is 11.1.